The maximum atomic E-state index is 2.33. The molecule has 0 saturated heterocycles. The maximum Gasteiger partial charge on any atom is 0.0195 e. The minimum atomic E-state index is 0. The van der Waals surface area contributed by atoms with Gasteiger partial charge in [0.2, 0.25) is 0 Å². The molecule has 3 heteroatoms. The fraction of sp³-hybridized carbons (Fsp3) is 0.444. The van der Waals surface area contributed by atoms with Crippen LogP contribution in [-0.4, -0.2) is 0 Å². The van der Waals surface area contributed by atoms with E-state index in [2.05, 4.69) is 121 Å². The first-order chi connectivity index (χ1) is 13.7. The van der Waals surface area contributed by atoms with E-state index in [1.165, 1.54) is 33.6 Å². The summed E-state index contributed by atoms with van der Waals surface area (Å²) in [5, 5.41) is 0. The van der Waals surface area contributed by atoms with Crippen LogP contribution in [0.2, 0.25) is 0 Å². The van der Waals surface area contributed by atoms with Gasteiger partial charge in [-0.2, -0.15) is 0 Å². The Morgan fingerprint density at radius 1 is 0.533 bits per heavy atom. The van der Waals surface area contributed by atoms with E-state index in [0.717, 1.165) is 0 Å². The summed E-state index contributed by atoms with van der Waals surface area (Å²) >= 11 is 0. The van der Waals surface area contributed by atoms with Crippen molar-refractivity contribution in [1.29, 1.82) is 0 Å². The molecule has 0 aliphatic carbocycles. The van der Waals surface area contributed by atoms with E-state index in [-0.39, 0.29) is 19.5 Å². The van der Waals surface area contributed by atoms with Crippen LogP contribution in [-0.2, 0) is 19.5 Å². The molecule has 0 bridgehead atoms. The summed E-state index contributed by atoms with van der Waals surface area (Å²) in [6.45, 7) is 20.5. The average Bonchev–Trinajstić information content (AvgIpc) is 3.15. The summed E-state index contributed by atoms with van der Waals surface area (Å²) in [6, 6.07) is 13.5. The zero-order valence-corrected chi connectivity index (χ0v) is 21.4. The van der Waals surface area contributed by atoms with Crippen molar-refractivity contribution in [3.8, 4) is 0 Å². The molecule has 0 fully saturated rings. The van der Waals surface area contributed by atoms with Gasteiger partial charge in [-0.25, -0.2) is 0 Å². The third-order valence-corrected chi connectivity index (χ3v) is 5.84. The smallest absolute Gasteiger partial charge is 0.0195 e. The summed E-state index contributed by atoms with van der Waals surface area (Å²) in [5.74, 6) is 1.92. The Morgan fingerprint density at radius 3 is 1.03 bits per heavy atom. The fourth-order valence-corrected chi connectivity index (χ4v) is 4.24. The van der Waals surface area contributed by atoms with E-state index < -0.39 is 0 Å². The first-order valence-corrected chi connectivity index (χ1v) is 11.1. The Bertz CT molecular complexity index is 756. The van der Waals surface area contributed by atoms with Crippen LogP contribution in [0.1, 0.15) is 101 Å². The Labute approximate surface area is 197 Å². The van der Waals surface area contributed by atoms with Gasteiger partial charge in [0.05, 0.1) is 0 Å². The molecule has 0 amide bonds. The number of hydrogen-bond acceptors (Lipinski definition) is 2. The molecule has 165 valence electrons. The third kappa shape index (κ3) is 4.83. The van der Waals surface area contributed by atoms with Crippen molar-refractivity contribution >= 4 is 11.4 Å². The molecule has 2 aromatic carbocycles. The van der Waals surface area contributed by atoms with Gasteiger partial charge in [0.1, 0.15) is 0 Å². The second kappa shape index (κ2) is 10.1. The molecule has 0 N–H and O–H groups in total. The number of benzene rings is 2. The van der Waals surface area contributed by atoms with Crippen LogP contribution in [0.3, 0.4) is 0 Å². The normalized spacial score (nSPS) is 13.9. The zero-order valence-electron chi connectivity index (χ0n) is 19.7. The van der Waals surface area contributed by atoms with Crippen molar-refractivity contribution in [2.75, 3.05) is 9.80 Å². The average molecular weight is 493 g/mol. The standard InChI is InChI=1S/C27H37N2.Rh/c1-18(2)22-11-9-12-23(19(3)4)26(22)28-15-16-29(17-28)27-24(20(5)6)13-10-14-25(27)21(7)8;/h9-21H,1-8H3;/q-1;. The van der Waals surface area contributed by atoms with Gasteiger partial charge in [-0.15, -0.1) is 6.67 Å². The quantitative estimate of drug-likeness (QED) is 0.297. The van der Waals surface area contributed by atoms with Crippen molar-refractivity contribution in [3.05, 3.63) is 77.7 Å². The molecule has 0 spiro atoms. The molecule has 0 atom stereocenters. The third-order valence-electron chi connectivity index (χ3n) is 5.84. The van der Waals surface area contributed by atoms with Gasteiger partial charge in [-0.3, -0.25) is 0 Å². The van der Waals surface area contributed by atoms with Gasteiger partial charge in [0.25, 0.3) is 0 Å². The molecular formula is C27H37N2Rh-. The molecule has 3 rings (SSSR count). The number of para-hydroxylation sites is 2. The van der Waals surface area contributed by atoms with Crippen molar-refractivity contribution in [3.63, 3.8) is 0 Å². The van der Waals surface area contributed by atoms with Crippen molar-refractivity contribution < 1.29 is 19.5 Å². The number of hydrogen-bond donors (Lipinski definition) is 0. The Morgan fingerprint density at radius 2 is 0.800 bits per heavy atom. The van der Waals surface area contributed by atoms with Crippen molar-refractivity contribution in [2.45, 2.75) is 79.1 Å². The van der Waals surface area contributed by atoms with E-state index in [4.69, 9.17) is 0 Å². The summed E-state index contributed by atoms with van der Waals surface area (Å²) in [6.07, 6.45) is 4.43. The van der Waals surface area contributed by atoms with Gasteiger partial charge in [-0.1, -0.05) is 91.8 Å². The van der Waals surface area contributed by atoms with Gasteiger partial charge in [-0.05, 0) is 58.3 Å². The SMILES string of the molecule is CC(C)c1cccc(C(C)C)c1N1C=CN(c2c(C(C)C)cccc2C(C)C)[CH-]1.[Rh]. The predicted octanol–water partition coefficient (Wildman–Crippen LogP) is 8.09. The van der Waals surface area contributed by atoms with Crippen LogP contribution in [0.5, 0.6) is 0 Å². The molecule has 0 unspecified atom stereocenters. The topological polar surface area (TPSA) is 6.48 Å². The molecule has 1 radical (unpaired) electrons. The molecule has 0 saturated carbocycles. The van der Waals surface area contributed by atoms with E-state index in [1.54, 1.807) is 0 Å². The second-order valence-corrected chi connectivity index (χ2v) is 9.42. The molecular weight excluding hydrogens is 455 g/mol. The monoisotopic (exact) mass is 492 g/mol. The largest absolute Gasteiger partial charge is 0.479 e. The van der Waals surface area contributed by atoms with Crippen LogP contribution < -0.4 is 9.80 Å². The molecule has 0 aromatic heterocycles. The minimum absolute atomic E-state index is 0. The predicted molar refractivity (Wildman–Crippen MR) is 128 cm³/mol. The summed E-state index contributed by atoms with van der Waals surface area (Å²) in [4.78, 5) is 4.65. The fourth-order valence-electron chi connectivity index (χ4n) is 4.24. The first kappa shape index (κ1) is 24.7. The Balaban J connectivity index is 0.00000320. The summed E-state index contributed by atoms with van der Waals surface area (Å²) in [7, 11) is 0. The summed E-state index contributed by atoms with van der Waals surface area (Å²) in [5.41, 5.74) is 8.29. The maximum absolute atomic E-state index is 2.33. The molecule has 1 heterocycles. The van der Waals surface area contributed by atoms with Gasteiger partial charge in [0.15, 0.2) is 0 Å². The Hall–Kier alpha value is -1.60. The van der Waals surface area contributed by atoms with Crippen molar-refractivity contribution in [1.82, 2.24) is 0 Å². The van der Waals surface area contributed by atoms with Gasteiger partial charge < -0.3 is 9.80 Å². The summed E-state index contributed by atoms with van der Waals surface area (Å²) < 4.78 is 0. The molecule has 1 aliphatic rings. The molecule has 1 aliphatic heterocycles. The first-order valence-electron chi connectivity index (χ1n) is 11.1. The van der Waals surface area contributed by atoms with Crippen LogP contribution in [0.4, 0.5) is 11.4 Å². The van der Waals surface area contributed by atoms with Gasteiger partial charge in [0, 0.05) is 30.9 Å². The zero-order chi connectivity index (χ0) is 21.3. The number of anilines is 2. The number of rotatable bonds is 6. The van der Waals surface area contributed by atoms with Crippen LogP contribution in [0, 0.1) is 6.67 Å². The Kier molecular flexibility index (Phi) is 8.34. The van der Waals surface area contributed by atoms with Crippen molar-refractivity contribution in [2.24, 2.45) is 0 Å². The number of nitrogens with zero attached hydrogens (tertiary/aromatic N) is 2. The van der Waals surface area contributed by atoms with E-state index in [0.29, 0.717) is 23.7 Å². The minimum Gasteiger partial charge on any atom is -0.479 e. The van der Waals surface area contributed by atoms with Gasteiger partial charge >= 0.3 is 0 Å². The molecule has 2 aromatic rings. The van der Waals surface area contributed by atoms with E-state index >= 15 is 0 Å². The second-order valence-electron chi connectivity index (χ2n) is 9.42. The van der Waals surface area contributed by atoms with Crippen LogP contribution >= 0.6 is 0 Å². The van der Waals surface area contributed by atoms with Crippen LogP contribution in [0.25, 0.3) is 0 Å². The molecule has 30 heavy (non-hydrogen) atoms. The van der Waals surface area contributed by atoms with Crippen LogP contribution in [0.15, 0.2) is 48.8 Å². The van der Waals surface area contributed by atoms with E-state index in [1.807, 2.05) is 0 Å². The molecule has 2 nitrogen and oxygen atoms in total. The van der Waals surface area contributed by atoms with E-state index in [9.17, 15) is 0 Å².